The zero-order valence-electron chi connectivity index (χ0n) is 13.6. The van der Waals surface area contributed by atoms with Crippen molar-refractivity contribution in [1.29, 1.82) is 0 Å². The Morgan fingerprint density at radius 2 is 1.36 bits per heavy atom. The maximum atomic E-state index is 9.77. The van der Waals surface area contributed by atoms with Gasteiger partial charge in [-0.1, -0.05) is 42.5 Å². The SMILES string of the molecule is Oc1cc(O)cc(/C=C/c2ccc(NCc3ccccc3O)cc2)c1. The second-order valence-corrected chi connectivity index (χ2v) is 5.72. The zero-order chi connectivity index (χ0) is 17.6. The summed E-state index contributed by atoms with van der Waals surface area (Å²) in [6.45, 7) is 0.546. The molecule has 0 saturated heterocycles. The molecule has 0 aliphatic carbocycles. The third-order valence-electron chi connectivity index (χ3n) is 3.78. The second kappa shape index (κ2) is 7.45. The van der Waals surface area contributed by atoms with E-state index in [1.807, 2.05) is 48.6 Å². The molecule has 0 aromatic heterocycles. The lowest BCUT2D eigenvalue weighted by Crippen LogP contribution is -1.99. The highest BCUT2D eigenvalue weighted by atomic mass is 16.3. The lowest BCUT2D eigenvalue weighted by Gasteiger charge is -2.08. The number of hydrogen-bond acceptors (Lipinski definition) is 4. The summed E-state index contributed by atoms with van der Waals surface area (Å²) in [4.78, 5) is 0. The summed E-state index contributed by atoms with van der Waals surface area (Å²) >= 11 is 0. The molecule has 25 heavy (non-hydrogen) atoms. The molecule has 126 valence electrons. The fourth-order valence-electron chi connectivity index (χ4n) is 2.48. The molecule has 0 saturated carbocycles. The lowest BCUT2D eigenvalue weighted by molar-refractivity contribution is 0.450. The van der Waals surface area contributed by atoms with E-state index in [-0.39, 0.29) is 17.2 Å². The van der Waals surface area contributed by atoms with Gasteiger partial charge >= 0.3 is 0 Å². The first kappa shape index (κ1) is 16.5. The van der Waals surface area contributed by atoms with Gasteiger partial charge in [0.25, 0.3) is 0 Å². The van der Waals surface area contributed by atoms with Crippen LogP contribution in [0.4, 0.5) is 5.69 Å². The average molecular weight is 333 g/mol. The van der Waals surface area contributed by atoms with Crippen molar-refractivity contribution in [2.24, 2.45) is 0 Å². The van der Waals surface area contributed by atoms with E-state index in [0.717, 1.165) is 22.4 Å². The Morgan fingerprint density at radius 3 is 2.04 bits per heavy atom. The van der Waals surface area contributed by atoms with Crippen molar-refractivity contribution >= 4 is 17.8 Å². The summed E-state index contributed by atoms with van der Waals surface area (Å²) in [5.74, 6) is 0.343. The van der Waals surface area contributed by atoms with Crippen LogP contribution in [0.1, 0.15) is 16.7 Å². The molecule has 3 aromatic carbocycles. The molecule has 4 N–H and O–H groups in total. The number of anilines is 1. The maximum absolute atomic E-state index is 9.77. The van der Waals surface area contributed by atoms with Crippen molar-refractivity contribution in [2.75, 3.05) is 5.32 Å². The molecule has 0 heterocycles. The van der Waals surface area contributed by atoms with Crippen LogP contribution in [-0.2, 0) is 6.54 Å². The molecule has 0 fully saturated rings. The molecule has 0 spiro atoms. The van der Waals surface area contributed by atoms with Crippen LogP contribution in [0.2, 0.25) is 0 Å². The Labute approximate surface area is 146 Å². The lowest BCUT2D eigenvalue weighted by atomic mass is 10.1. The number of phenols is 3. The molecule has 0 aliphatic rings. The van der Waals surface area contributed by atoms with Crippen molar-refractivity contribution in [3.05, 3.63) is 83.4 Å². The van der Waals surface area contributed by atoms with E-state index in [1.165, 1.54) is 6.07 Å². The minimum absolute atomic E-state index is 0.0309. The second-order valence-electron chi connectivity index (χ2n) is 5.72. The molecule has 0 radical (unpaired) electrons. The number of rotatable bonds is 5. The number of hydrogen-bond donors (Lipinski definition) is 4. The molecule has 3 aromatic rings. The van der Waals surface area contributed by atoms with Crippen molar-refractivity contribution in [2.45, 2.75) is 6.54 Å². The van der Waals surface area contributed by atoms with Crippen LogP contribution in [0.15, 0.2) is 66.7 Å². The topological polar surface area (TPSA) is 72.7 Å². The van der Waals surface area contributed by atoms with Crippen LogP contribution >= 0.6 is 0 Å². The van der Waals surface area contributed by atoms with E-state index in [9.17, 15) is 15.3 Å². The van der Waals surface area contributed by atoms with E-state index in [0.29, 0.717) is 6.54 Å². The molecule has 0 unspecified atom stereocenters. The van der Waals surface area contributed by atoms with Crippen LogP contribution in [0.3, 0.4) is 0 Å². The smallest absolute Gasteiger partial charge is 0.120 e. The number of nitrogens with one attached hydrogen (secondary N) is 1. The van der Waals surface area contributed by atoms with Gasteiger partial charge in [0.1, 0.15) is 17.2 Å². The summed E-state index contributed by atoms with van der Waals surface area (Å²) < 4.78 is 0. The van der Waals surface area contributed by atoms with Crippen molar-refractivity contribution in [3.63, 3.8) is 0 Å². The summed E-state index contributed by atoms with van der Waals surface area (Å²) in [5, 5.41) is 32.0. The monoisotopic (exact) mass is 333 g/mol. The van der Waals surface area contributed by atoms with Crippen molar-refractivity contribution in [1.82, 2.24) is 0 Å². The van der Waals surface area contributed by atoms with Gasteiger partial charge in [0.15, 0.2) is 0 Å². The van der Waals surface area contributed by atoms with Gasteiger partial charge in [-0.2, -0.15) is 0 Å². The maximum Gasteiger partial charge on any atom is 0.120 e. The Balaban J connectivity index is 1.64. The predicted octanol–water partition coefficient (Wildman–Crippen LogP) is 4.59. The summed E-state index contributed by atoms with van der Waals surface area (Å²) in [7, 11) is 0. The highest BCUT2D eigenvalue weighted by Crippen LogP contribution is 2.22. The first-order chi connectivity index (χ1) is 12.1. The first-order valence-electron chi connectivity index (χ1n) is 7.92. The van der Waals surface area contributed by atoms with Gasteiger partial charge in [-0.15, -0.1) is 0 Å². The van der Waals surface area contributed by atoms with Crippen molar-refractivity contribution in [3.8, 4) is 17.2 Å². The zero-order valence-corrected chi connectivity index (χ0v) is 13.6. The van der Waals surface area contributed by atoms with E-state index in [4.69, 9.17) is 0 Å². The van der Waals surface area contributed by atoms with Crippen LogP contribution in [0.5, 0.6) is 17.2 Å². The minimum atomic E-state index is 0.0309. The van der Waals surface area contributed by atoms with Gasteiger partial charge in [-0.05, 0) is 41.5 Å². The van der Waals surface area contributed by atoms with Crippen molar-refractivity contribution < 1.29 is 15.3 Å². The van der Waals surface area contributed by atoms with E-state index >= 15 is 0 Å². The fraction of sp³-hybridized carbons (Fsp3) is 0.0476. The normalized spacial score (nSPS) is 10.9. The number of phenolic OH excluding ortho intramolecular Hbond substituents is 3. The Hall–Kier alpha value is -3.40. The van der Waals surface area contributed by atoms with E-state index in [2.05, 4.69) is 5.32 Å². The van der Waals surface area contributed by atoms with Gasteiger partial charge in [-0.3, -0.25) is 0 Å². The van der Waals surface area contributed by atoms with Gasteiger partial charge in [0.2, 0.25) is 0 Å². The molecule has 0 amide bonds. The van der Waals surface area contributed by atoms with Gasteiger partial charge in [-0.25, -0.2) is 0 Å². The highest BCUT2D eigenvalue weighted by molar-refractivity contribution is 5.71. The van der Waals surface area contributed by atoms with E-state index in [1.54, 1.807) is 24.3 Å². The fourth-order valence-corrected chi connectivity index (χ4v) is 2.48. The molecular formula is C21H19NO3. The number of aromatic hydroxyl groups is 3. The van der Waals surface area contributed by atoms with Gasteiger partial charge in [0.05, 0.1) is 0 Å². The Kier molecular flexibility index (Phi) is 4.90. The third kappa shape index (κ3) is 4.54. The van der Waals surface area contributed by atoms with E-state index < -0.39 is 0 Å². The Bertz CT molecular complexity index is 866. The van der Waals surface area contributed by atoms with Crippen LogP contribution in [0, 0.1) is 0 Å². The standard InChI is InChI=1S/C21H19NO3/c23-19-11-16(12-20(24)13-19)6-5-15-7-9-18(10-8-15)22-14-17-3-1-2-4-21(17)25/h1-13,22-25H,14H2/b6-5+. The predicted molar refractivity (Wildman–Crippen MR) is 101 cm³/mol. The van der Waals surface area contributed by atoms with Gasteiger partial charge in [0, 0.05) is 23.9 Å². The molecule has 3 rings (SSSR count). The first-order valence-corrected chi connectivity index (χ1v) is 7.92. The molecule has 0 atom stereocenters. The van der Waals surface area contributed by atoms with Gasteiger partial charge < -0.3 is 20.6 Å². The summed E-state index contributed by atoms with van der Waals surface area (Å²) in [6, 6.07) is 19.5. The average Bonchev–Trinajstić information content (AvgIpc) is 2.59. The Morgan fingerprint density at radius 1 is 0.720 bits per heavy atom. The van der Waals surface area contributed by atoms with Crippen LogP contribution in [-0.4, -0.2) is 15.3 Å². The summed E-state index contributed by atoms with van der Waals surface area (Å²) in [6.07, 6.45) is 3.73. The van der Waals surface area contributed by atoms with Crippen LogP contribution in [0.25, 0.3) is 12.2 Å². The quantitative estimate of drug-likeness (QED) is 0.516. The molecule has 4 heteroatoms. The largest absolute Gasteiger partial charge is 0.508 e. The minimum Gasteiger partial charge on any atom is -0.508 e. The number of benzene rings is 3. The molecule has 4 nitrogen and oxygen atoms in total. The molecule has 0 aliphatic heterocycles. The molecule has 0 bridgehead atoms. The highest BCUT2D eigenvalue weighted by Gasteiger charge is 2.00. The van der Waals surface area contributed by atoms with Crippen LogP contribution < -0.4 is 5.32 Å². The third-order valence-corrected chi connectivity index (χ3v) is 3.78. The summed E-state index contributed by atoms with van der Waals surface area (Å²) in [5.41, 5.74) is 3.51. The number of para-hydroxylation sites is 1. The molecular weight excluding hydrogens is 314 g/mol.